The van der Waals surface area contributed by atoms with Crippen LogP contribution in [0.15, 0.2) is 21.2 Å². The molecule has 5 heteroatoms. The first kappa shape index (κ1) is 11.8. The maximum absolute atomic E-state index is 9.94. The van der Waals surface area contributed by atoms with E-state index in [-0.39, 0.29) is 0 Å². The van der Waals surface area contributed by atoms with Crippen molar-refractivity contribution in [3.8, 4) is 0 Å². The number of thiazole rings is 1. The minimum absolute atomic E-state index is 0.499. The van der Waals surface area contributed by atoms with Crippen LogP contribution in [0.4, 0.5) is 0 Å². The van der Waals surface area contributed by atoms with Gasteiger partial charge in [-0.1, -0.05) is 0 Å². The van der Waals surface area contributed by atoms with Crippen molar-refractivity contribution in [2.45, 2.75) is 26.4 Å². The monoisotopic (exact) mass is 301 g/mol. The lowest BCUT2D eigenvalue weighted by molar-refractivity contribution is 0.148. The molecule has 1 unspecified atom stereocenters. The molecule has 0 saturated heterocycles. The molecule has 0 fully saturated rings. The second-order valence-corrected chi connectivity index (χ2v) is 5.68. The van der Waals surface area contributed by atoms with E-state index in [0.29, 0.717) is 16.9 Å². The first-order chi connectivity index (χ1) is 7.56. The average molecular weight is 302 g/mol. The summed E-state index contributed by atoms with van der Waals surface area (Å²) in [4.78, 5) is 5.58. The van der Waals surface area contributed by atoms with Gasteiger partial charge in [0, 0.05) is 11.3 Å². The van der Waals surface area contributed by atoms with Crippen LogP contribution in [0, 0.1) is 13.8 Å². The third kappa shape index (κ3) is 2.53. The van der Waals surface area contributed by atoms with Crippen LogP contribution in [0.5, 0.6) is 0 Å². The van der Waals surface area contributed by atoms with Crippen LogP contribution < -0.4 is 0 Å². The van der Waals surface area contributed by atoms with Crippen LogP contribution in [-0.2, 0) is 6.42 Å². The standard InChI is InChI=1S/C11H12BrNO2S/c1-6-7(2)16-11(13-6)5-8(14)9-3-4-10(12)15-9/h3-4,8,14H,5H2,1-2H3. The molecule has 0 spiro atoms. The number of halogens is 1. The highest BCUT2D eigenvalue weighted by Crippen LogP contribution is 2.26. The van der Waals surface area contributed by atoms with Gasteiger partial charge in [-0.25, -0.2) is 4.98 Å². The van der Waals surface area contributed by atoms with Crippen molar-refractivity contribution in [2.24, 2.45) is 0 Å². The fraction of sp³-hybridized carbons (Fsp3) is 0.364. The molecule has 1 N–H and O–H groups in total. The second kappa shape index (κ2) is 4.69. The van der Waals surface area contributed by atoms with E-state index in [1.54, 1.807) is 23.5 Å². The number of nitrogens with zero attached hydrogens (tertiary/aromatic N) is 1. The summed E-state index contributed by atoms with van der Waals surface area (Å²) in [5.74, 6) is 0.567. The molecular weight excluding hydrogens is 290 g/mol. The van der Waals surface area contributed by atoms with Crippen LogP contribution in [0.2, 0.25) is 0 Å². The fourth-order valence-electron chi connectivity index (χ4n) is 1.40. The van der Waals surface area contributed by atoms with Crippen molar-refractivity contribution in [1.29, 1.82) is 0 Å². The lowest BCUT2D eigenvalue weighted by Gasteiger charge is -2.04. The third-order valence-electron chi connectivity index (χ3n) is 2.36. The number of furan rings is 1. The molecule has 0 amide bonds. The number of aryl methyl sites for hydroxylation is 2. The van der Waals surface area contributed by atoms with Gasteiger partial charge in [-0.2, -0.15) is 0 Å². The summed E-state index contributed by atoms with van der Waals surface area (Å²) < 4.78 is 5.93. The zero-order valence-corrected chi connectivity index (χ0v) is 11.4. The molecule has 0 radical (unpaired) electrons. The first-order valence-electron chi connectivity index (χ1n) is 4.92. The summed E-state index contributed by atoms with van der Waals surface area (Å²) >= 11 is 4.83. The van der Waals surface area contributed by atoms with Crippen LogP contribution in [0.3, 0.4) is 0 Å². The van der Waals surface area contributed by atoms with E-state index in [1.165, 1.54) is 4.88 Å². The Morgan fingerprint density at radius 2 is 2.25 bits per heavy atom. The Balaban J connectivity index is 2.10. The van der Waals surface area contributed by atoms with Crippen LogP contribution in [0.25, 0.3) is 0 Å². The number of aliphatic hydroxyl groups excluding tert-OH is 1. The molecule has 0 aromatic carbocycles. The van der Waals surface area contributed by atoms with Gasteiger partial charge in [0.15, 0.2) is 4.67 Å². The Morgan fingerprint density at radius 1 is 1.50 bits per heavy atom. The summed E-state index contributed by atoms with van der Waals surface area (Å²) in [6.07, 6.45) is -0.129. The third-order valence-corrected chi connectivity index (χ3v) is 3.88. The van der Waals surface area contributed by atoms with Crippen molar-refractivity contribution in [2.75, 3.05) is 0 Å². The highest BCUT2D eigenvalue weighted by atomic mass is 79.9. The van der Waals surface area contributed by atoms with E-state index in [9.17, 15) is 5.11 Å². The van der Waals surface area contributed by atoms with Gasteiger partial charge in [0.2, 0.25) is 0 Å². The molecular formula is C11H12BrNO2S. The zero-order valence-electron chi connectivity index (χ0n) is 9.03. The van der Waals surface area contributed by atoms with Gasteiger partial charge in [0.25, 0.3) is 0 Å². The Labute approximate surface area is 106 Å². The normalized spacial score (nSPS) is 13.0. The van der Waals surface area contributed by atoms with E-state index in [2.05, 4.69) is 20.9 Å². The number of hydrogen-bond donors (Lipinski definition) is 1. The van der Waals surface area contributed by atoms with Gasteiger partial charge >= 0.3 is 0 Å². The summed E-state index contributed by atoms with van der Waals surface area (Å²) in [5, 5.41) is 10.9. The van der Waals surface area contributed by atoms with Crippen molar-refractivity contribution in [3.05, 3.63) is 38.1 Å². The average Bonchev–Trinajstić information content (AvgIpc) is 2.75. The molecule has 0 aliphatic carbocycles. The second-order valence-electron chi connectivity index (χ2n) is 3.61. The van der Waals surface area contributed by atoms with Crippen LogP contribution in [0.1, 0.15) is 27.4 Å². The van der Waals surface area contributed by atoms with E-state index >= 15 is 0 Å². The van der Waals surface area contributed by atoms with Crippen molar-refractivity contribution in [1.82, 2.24) is 4.98 Å². The Morgan fingerprint density at radius 3 is 2.75 bits per heavy atom. The number of aliphatic hydroxyl groups is 1. The Bertz CT molecular complexity index is 472. The summed E-state index contributed by atoms with van der Waals surface area (Å²) in [6.45, 7) is 4.01. The van der Waals surface area contributed by atoms with Crippen molar-refractivity contribution < 1.29 is 9.52 Å². The molecule has 0 aliphatic heterocycles. The fourth-order valence-corrected chi connectivity index (χ4v) is 2.69. The van der Waals surface area contributed by atoms with Gasteiger partial charge in [-0.15, -0.1) is 11.3 Å². The van der Waals surface area contributed by atoms with Crippen molar-refractivity contribution in [3.63, 3.8) is 0 Å². The molecule has 2 heterocycles. The first-order valence-corrected chi connectivity index (χ1v) is 6.53. The molecule has 0 aliphatic rings. The molecule has 3 nitrogen and oxygen atoms in total. The highest BCUT2D eigenvalue weighted by Gasteiger charge is 2.15. The molecule has 2 aromatic heterocycles. The number of rotatable bonds is 3. The van der Waals surface area contributed by atoms with Gasteiger partial charge in [-0.05, 0) is 41.9 Å². The highest BCUT2D eigenvalue weighted by molar-refractivity contribution is 9.10. The van der Waals surface area contributed by atoms with Crippen molar-refractivity contribution >= 4 is 27.3 Å². The minimum atomic E-state index is -0.628. The van der Waals surface area contributed by atoms with E-state index in [1.807, 2.05) is 13.8 Å². The van der Waals surface area contributed by atoms with Gasteiger partial charge in [0.1, 0.15) is 11.9 Å². The molecule has 16 heavy (non-hydrogen) atoms. The largest absolute Gasteiger partial charge is 0.452 e. The maximum atomic E-state index is 9.94. The summed E-state index contributed by atoms with van der Waals surface area (Å²) in [6, 6.07) is 3.54. The predicted molar refractivity (Wildman–Crippen MR) is 66.7 cm³/mol. The minimum Gasteiger partial charge on any atom is -0.452 e. The topological polar surface area (TPSA) is 46.3 Å². The summed E-state index contributed by atoms with van der Waals surface area (Å²) in [5.41, 5.74) is 1.04. The Kier molecular flexibility index (Phi) is 3.47. The SMILES string of the molecule is Cc1nc(CC(O)c2ccc(Br)o2)sc1C. The van der Waals surface area contributed by atoms with E-state index in [4.69, 9.17) is 4.42 Å². The van der Waals surface area contributed by atoms with Gasteiger partial charge < -0.3 is 9.52 Å². The van der Waals surface area contributed by atoms with E-state index < -0.39 is 6.10 Å². The molecule has 2 rings (SSSR count). The molecule has 1 atom stereocenters. The number of aromatic nitrogens is 1. The van der Waals surface area contributed by atoms with Crippen LogP contribution in [-0.4, -0.2) is 10.1 Å². The molecule has 86 valence electrons. The lowest BCUT2D eigenvalue weighted by Crippen LogP contribution is -1.99. The van der Waals surface area contributed by atoms with Gasteiger partial charge in [-0.3, -0.25) is 0 Å². The Hall–Kier alpha value is -0.650. The predicted octanol–water partition coefficient (Wildman–Crippen LogP) is 3.39. The number of hydrogen-bond acceptors (Lipinski definition) is 4. The maximum Gasteiger partial charge on any atom is 0.169 e. The molecule has 2 aromatic rings. The van der Waals surface area contributed by atoms with E-state index in [0.717, 1.165) is 10.7 Å². The zero-order chi connectivity index (χ0) is 11.7. The summed E-state index contributed by atoms with van der Waals surface area (Å²) in [7, 11) is 0. The smallest absolute Gasteiger partial charge is 0.169 e. The van der Waals surface area contributed by atoms with Crippen LogP contribution >= 0.6 is 27.3 Å². The lowest BCUT2D eigenvalue weighted by atomic mass is 10.2. The molecule has 0 bridgehead atoms. The van der Waals surface area contributed by atoms with Gasteiger partial charge in [0.05, 0.1) is 10.7 Å². The quantitative estimate of drug-likeness (QED) is 0.945. The molecule has 0 saturated carbocycles.